The lowest BCUT2D eigenvalue weighted by atomic mass is 9.92. The SMILES string of the molecule is C=C(C)c1cccc(C(C)(C)NC(=O)Nc2ccc3c(c2)OCC(=O)N3Cc2ccc(F)cc2)c1. The van der Waals surface area contributed by atoms with Crippen LogP contribution < -0.4 is 20.3 Å². The van der Waals surface area contributed by atoms with E-state index in [0.717, 1.165) is 22.3 Å². The molecule has 0 fully saturated rings. The van der Waals surface area contributed by atoms with E-state index in [2.05, 4.69) is 17.2 Å². The van der Waals surface area contributed by atoms with Gasteiger partial charge in [0.2, 0.25) is 0 Å². The summed E-state index contributed by atoms with van der Waals surface area (Å²) in [5.74, 6) is -0.0416. The van der Waals surface area contributed by atoms with E-state index in [0.29, 0.717) is 23.7 Å². The highest BCUT2D eigenvalue weighted by atomic mass is 19.1. The summed E-state index contributed by atoms with van der Waals surface area (Å²) in [4.78, 5) is 26.9. The van der Waals surface area contributed by atoms with Crippen molar-refractivity contribution in [1.29, 1.82) is 0 Å². The first-order valence-corrected chi connectivity index (χ1v) is 11.3. The molecule has 35 heavy (non-hydrogen) atoms. The Balaban J connectivity index is 1.47. The number of urea groups is 1. The molecule has 2 N–H and O–H groups in total. The van der Waals surface area contributed by atoms with Crippen LogP contribution in [-0.2, 0) is 16.9 Å². The predicted octanol–water partition coefficient (Wildman–Crippen LogP) is 5.84. The van der Waals surface area contributed by atoms with Crippen LogP contribution in [0, 0.1) is 5.82 Å². The first kappa shape index (κ1) is 24.0. The predicted molar refractivity (Wildman–Crippen MR) is 136 cm³/mol. The molecule has 0 unspecified atom stereocenters. The van der Waals surface area contributed by atoms with Crippen molar-refractivity contribution >= 4 is 28.9 Å². The number of amides is 3. The summed E-state index contributed by atoms with van der Waals surface area (Å²) in [5, 5.41) is 5.85. The van der Waals surface area contributed by atoms with Gasteiger partial charge in [-0.15, -0.1) is 0 Å². The van der Waals surface area contributed by atoms with Gasteiger partial charge in [-0.3, -0.25) is 4.79 Å². The molecule has 0 radical (unpaired) electrons. The van der Waals surface area contributed by atoms with Gasteiger partial charge >= 0.3 is 6.03 Å². The molecule has 3 aromatic carbocycles. The molecule has 7 heteroatoms. The average Bonchev–Trinajstić information content (AvgIpc) is 2.82. The topological polar surface area (TPSA) is 70.7 Å². The highest BCUT2D eigenvalue weighted by Gasteiger charge is 2.27. The lowest BCUT2D eigenvalue weighted by Gasteiger charge is -2.30. The van der Waals surface area contributed by atoms with E-state index in [9.17, 15) is 14.0 Å². The fourth-order valence-electron chi connectivity index (χ4n) is 3.92. The Kier molecular flexibility index (Phi) is 6.60. The summed E-state index contributed by atoms with van der Waals surface area (Å²) >= 11 is 0. The average molecular weight is 474 g/mol. The van der Waals surface area contributed by atoms with Gasteiger partial charge in [-0.1, -0.05) is 42.5 Å². The second-order valence-corrected chi connectivity index (χ2v) is 9.14. The third-order valence-electron chi connectivity index (χ3n) is 5.92. The zero-order valence-electron chi connectivity index (χ0n) is 20.0. The van der Waals surface area contributed by atoms with Gasteiger partial charge in [0.15, 0.2) is 6.61 Å². The third kappa shape index (κ3) is 5.51. The molecule has 6 nitrogen and oxygen atoms in total. The van der Waals surface area contributed by atoms with Crippen molar-refractivity contribution in [3.8, 4) is 5.75 Å². The first-order valence-electron chi connectivity index (χ1n) is 11.3. The summed E-state index contributed by atoms with van der Waals surface area (Å²) in [6, 6.07) is 18.7. The third-order valence-corrected chi connectivity index (χ3v) is 5.92. The maximum Gasteiger partial charge on any atom is 0.319 e. The number of benzene rings is 3. The number of hydrogen-bond acceptors (Lipinski definition) is 3. The Morgan fingerprint density at radius 1 is 1.11 bits per heavy atom. The minimum absolute atomic E-state index is 0.115. The van der Waals surface area contributed by atoms with Crippen LogP contribution in [-0.4, -0.2) is 18.5 Å². The molecule has 1 aliphatic rings. The quantitative estimate of drug-likeness (QED) is 0.472. The number of halogens is 1. The molecule has 0 aliphatic carbocycles. The van der Waals surface area contributed by atoms with Gasteiger partial charge < -0.3 is 20.3 Å². The largest absolute Gasteiger partial charge is 0.481 e. The maximum absolute atomic E-state index is 13.2. The zero-order valence-corrected chi connectivity index (χ0v) is 20.0. The molecule has 0 atom stereocenters. The number of fused-ring (bicyclic) bond motifs is 1. The van der Waals surface area contributed by atoms with E-state index in [1.165, 1.54) is 12.1 Å². The van der Waals surface area contributed by atoms with Gasteiger partial charge in [0.05, 0.1) is 17.8 Å². The fourth-order valence-corrected chi connectivity index (χ4v) is 3.92. The van der Waals surface area contributed by atoms with Gasteiger partial charge in [-0.2, -0.15) is 0 Å². The first-order chi connectivity index (χ1) is 16.6. The smallest absolute Gasteiger partial charge is 0.319 e. The number of anilines is 2. The van der Waals surface area contributed by atoms with Crippen molar-refractivity contribution in [2.75, 3.05) is 16.8 Å². The van der Waals surface area contributed by atoms with E-state index >= 15 is 0 Å². The van der Waals surface area contributed by atoms with Crippen LogP contribution in [0.5, 0.6) is 5.75 Å². The summed E-state index contributed by atoms with van der Waals surface area (Å²) < 4.78 is 18.9. The van der Waals surface area contributed by atoms with Gasteiger partial charge in [0.25, 0.3) is 5.91 Å². The molecule has 0 aromatic heterocycles. The second-order valence-electron chi connectivity index (χ2n) is 9.14. The molecular formula is C28H28FN3O3. The normalized spacial score (nSPS) is 13.0. The minimum Gasteiger partial charge on any atom is -0.481 e. The molecular weight excluding hydrogens is 445 g/mol. The van der Waals surface area contributed by atoms with E-state index < -0.39 is 5.54 Å². The van der Waals surface area contributed by atoms with Crippen LogP contribution in [0.25, 0.3) is 5.57 Å². The molecule has 180 valence electrons. The van der Waals surface area contributed by atoms with Crippen LogP contribution in [0.15, 0.2) is 73.3 Å². The van der Waals surface area contributed by atoms with Crippen LogP contribution >= 0.6 is 0 Å². The number of carbonyl (C=O) groups is 2. The number of carbonyl (C=O) groups excluding carboxylic acids is 2. The summed E-state index contributed by atoms with van der Waals surface area (Å²) in [5.41, 5.74) is 4.22. The van der Waals surface area contributed by atoms with Crippen molar-refractivity contribution in [2.24, 2.45) is 0 Å². The monoisotopic (exact) mass is 473 g/mol. The van der Waals surface area contributed by atoms with E-state index in [-0.39, 0.29) is 24.4 Å². The van der Waals surface area contributed by atoms with Gasteiger partial charge in [0.1, 0.15) is 11.6 Å². The van der Waals surface area contributed by atoms with Gasteiger partial charge in [-0.05, 0) is 67.8 Å². The van der Waals surface area contributed by atoms with Gasteiger partial charge in [-0.25, -0.2) is 9.18 Å². The number of rotatable bonds is 6. The van der Waals surface area contributed by atoms with Crippen molar-refractivity contribution in [2.45, 2.75) is 32.9 Å². The van der Waals surface area contributed by atoms with Crippen LogP contribution in [0.4, 0.5) is 20.6 Å². The van der Waals surface area contributed by atoms with Crippen molar-refractivity contribution < 1.29 is 18.7 Å². The van der Waals surface area contributed by atoms with E-state index in [1.807, 2.05) is 45.0 Å². The summed E-state index contributed by atoms with van der Waals surface area (Å²) in [6.45, 7) is 9.97. The van der Waals surface area contributed by atoms with Crippen LogP contribution in [0.3, 0.4) is 0 Å². The Bertz CT molecular complexity index is 1280. The summed E-state index contributed by atoms with van der Waals surface area (Å²) in [6.07, 6.45) is 0. The Morgan fingerprint density at radius 2 is 1.86 bits per heavy atom. The van der Waals surface area contributed by atoms with E-state index in [1.54, 1.807) is 35.2 Å². The highest BCUT2D eigenvalue weighted by Crippen LogP contribution is 2.35. The number of ether oxygens (including phenoxy) is 1. The lowest BCUT2D eigenvalue weighted by Crippen LogP contribution is -2.43. The summed E-state index contributed by atoms with van der Waals surface area (Å²) in [7, 11) is 0. The Morgan fingerprint density at radius 3 is 2.57 bits per heavy atom. The fraction of sp³-hybridized carbons (Fsp3) is 0.214. The minimum atomic E-state index is -0.626. The molecule has 0 spiro atoms. The number of nitrogens with one attached hydrogen (secondary N) is 2. The van der Waals surface area contributed by atoms with Crippen LogP contribution in [0.2, 0.25) is 0 Å². The zero-order chi connectivity index (χ0) is 25.2. The lowest BCUT2D eigenvalue weighted by molar-refractivity contribution is -0.121. The molecule has 4 rings (SSSR count). The number of hydrogen-bond donors (Lipinski definition) is 2. The van der Waals surface area contributed by atoms with Gasteiger partial charge in [0, 0.05) is 11.8 Å². The Labute approximate surface area is 204 Å². The van der Waals surface area contributed by atoms with Crippen LogP contribution in [0.1, 0.15) is 37.5 Å². The van der Waals surface area contributed by atoms with E-state index in [4.69, 9.17) is 4.74 Å². The standard InChI is InChI=1S/C28H28FN3O3/c1-18(2)20-6-5-7-21(14-20)28(3,4)31-27(34)30-23-12-13-24-25(15-23)35-17-26(33)32(24)16-19-8-10-22(29)11-9-19/h5-15H,1,16-17H2,2-4H3,(H2,30,31,34). The highest BCUT2D eigenvalue weighted by molar-refractivity contribution is 5.99. The molecule has 0 saturated carbocycles. The molecule has 3 amide bonds. The van der Waals surface area contributed by atoms with Crippen molar-refractivity contribution in [3.05, 3.63) is 95.8 Å². The van der Waals surface area contributed by atoms with Crippen molar-refractivity contribution in [3.63, 3.8) is 0 Å². The molecule has 3 aromatic rings. The van der Waals surface area contributed by atoms with Crippen molar-refractivity contribution in [1.82, 2.24) is 5.32 Å². The maximum atomic E-state index is 13.2. The molecule has 1 heterocycles. The molecule has 0 saturated heterocycles. The molecule has 0 bridgehead atoms. The number of allylic oxidation sites excluding steroid dienone is 1. The number of nitrogens with zero attached hydrogens (tertiary/aromatic N) is 1. The Hall–Kier alpha value is -4.13. The second kappa shape index (κ2) is 9.62. The molecule has 1 aliphatic heterocycles.